The van der Waals surface area contributed by atoms with E-state index in [1.54, 1.807) is 6.08 Å². The average molecular weight is 375 g/mol. The maximum Gasteiger partial charge on any atom is 0.251 e. The van der Waals surface area contributed by atoms with Gasteiger partial charge in [-0.15, -0.1) is 0 Å². The molecule has 132 valence electrons. The van der Waals surface area contributed by atoms with Crippen molar-refractivity contribution >= 4 is 40.4 Å². The lowest BCUT2D eigenvalue weighted by molar-refractivity contribution is -0.115. The fraction of sp³-hybridized carbons (Fsp3) is 0.0952. The normalized spacial score (nSPS) is 24.9. The Hall–Kier alpha value is -3.18. The highest BCUT2D eigenvalue weighted by molar-refractivity contribution is 6.66. The molecule has 0 amide bonds. The maximum atomic E-state index is 12.2. The van der Waals surface area contributed by atoms with Crippen LogP contribution in [0.2, 0.25) is 0 Å². The van der Waals surface area contributed by atoms with Crippen molar-refractivity contribution in [3.05, 3.63) is 82.5 Å². The van der Waals surface area contributed by atoms with Gasteiger partial charge in [0, 0.05) is 22.8 Å². The van der Waals surface area contributed by atoms with Gasteiger partial charge in [-0.25, -0.2) is 9.98 Å². The van der Waals surface area contributed by atoms with Crippen molar-refractivity contribution < 1.29 is 4.79 Å². The number of hydrogen-bond donors (Lipinski definition) is 2. The molecule has 0 spiro atoms. The Labute approximate surface area is 160 Å². The number of allylic oxidation sites excluding steroid dienone is 5. The third-order valence-electron chi connectivity index (χ3n) is 4.76. The van der Waals surface area contributed by atoms with Crippen molar-refractivity contribution in [2.75, 3.05) is 0 Å². The minimum absolute atomic E-state index is 0.463. The average Bonchev–Trinajstić information content (AvgIpc) is 3.39. The number of rotatable bonds is 1. The summed E-state index contributed by atoms with van der Waals surface area (Å²) in [6, 6.07) is 4.00. The molecule has 5 rings (SSSR count). The first kappa shape index (κ1) is 16.0. The highest BCUT2D eigenvalue weighted by Gasteiger charge is 2.38. The van der Waals surface area contributed by atoms with E-state index < -0.39 is 10.8 Å². The molecule has 4 aliphatic heterocycles. The van der Waals surface area contributed by atoms with E-state index in [1.807, 2.05) is 60.7 Å². The van der Waals surface area contributed by atoms with Crippen molar-refractivity contribution in [1.82, 2.24) is 10.3 Å². The van der Waals surface area contributed by atoms with Gasteiger partial charge in [0.1, 0.15) is 5.54 Å². The number of aliphatic imine (C=N–C) groups is 2. The number of carbonyl (C=O) groups excluding carboxylic acids is 1. The summed E-state index contributed by atoms with van der Waals surface area (Å²) in [7, 11) is 0. The van der Waals surface area contributed by atoms with Crippen LogP contribution in [0.1, 0.15) is 6.42 Å². The summed E-state index contributed by atoms with van der Waals surface area (Å²) in [5.41, 5.74) is 3.02. The van der Waals surface area contributed by atoms with Crippen molar-refractivity contribution in [3.8, 4) is 0 Å². The first-order valence-corrected chi connectivity index (χ1v) is 9.01. The second-order valence-corrected chi connectivity index (χ2v) is 7.11. The zero-order valence-corrected chi connectivity index (χ0v) is 15.0. The first-order valence-electron chi connectivity index (χ1n) is 8.63. The fourth-order valence-corrected chi connectivity index (χ4v) is 3.62. The van der Waals surface area contributed by atoms with Gasteiger partial charge in [0.05, 0.1) is 22.8 Å². The molecule has 1 aromatic rings. The number of nitrogens with zero attached hydrogens (tertiary/aromatic N) is 2. The molecule has 1 unspecified atom stereocenters. The summed E-state index contributed by atoms with van der Waals surface area (Å²) in [6.45, 7) is 0. The largest absolute Gasteiger partial charge is 0.368 e. The van der Waals surface area contributed by atoms with Crippen molar-refractivity contribution in [3.63, 3.8) is 0 Å². The van der Waals surface area contributed by atoms with Gasteiger partial charge in [-0.3, -0.25) is 4.79 Å². The van der Waals surface area contributed by atoms with Crippen LogP contribution in [0, 0.1) is 0 Å². The fourth-order valence-electron chi connectivity index (χ4n) is 3.45. The topological polar surface area (TPSA) is 69.6 Å². The number of halogens is 1. The van der Waals surface area contributed by atoms with Crippen LogP contribution in [0.15, 0.2) is 81.7 Å². The van der Waals surface area contributed by atoms with Crippen molar-refractivity contribution in [1.29, 1.82) is 0 Å². The summed E-state index contributed by atoms with van der Waals surface area (Å²) in [5.74, 6) is 0. The van der Waals surface area contributed by atoms with Crippen LogP contribution < -0.4 is 16.0 Å². The molecule has 0 saturated heterocycles. The summed E-state index contributed by atoms with van der Waals surface area (Å²) >= 11 is 5.95. The third-order valence-corrected chi connectivity index (χ3v) is 5.10. The molecule has 27 heavy (non-hydrogen) atoms. The van der Waals surface area contributed by atoms with Crippen LogP contribution in [0.25, 0.3) is 12.2 Å². The van der Waals surface area contributed by atoms with E-state index in [-0.39, 0.29) is 0 Å². The number of carbonyl (C=O) groups is 1. The second kappa shape index (κ2) is 5.93. The number of aromatic amines is 1. The number of aromatic nitrogens is 1. The van der Waals surface area contributed by atoms with Gasteiger partial charge in [0.15, 0.2) is 0 Å². The number of H-pyrrole nitrogens is 1. The van der Waals surface area contributed by atoms with Gasteiger partial charge < -0.3 is 10.3 Å². The van der Waals surface area contributed by atoms with Gasteiger partial charge in [-0.2, -0.15) is 0 Å². The minimum atomic E-state index is -0.996. The lowest BCUT2D eigenvalue weighted by Crippen LogP contribution is -2.44. The molecular weight excluding hydrogens is 360 g/mol. The highest BCUT2D eigenvalue weighted by Crippen LogP contribution is 2.29. The predicted octanol–water partition coefficient (Wildman–Crippen LogP) is 1.76. The Balaban J connectivity index is 1.69. The molecule has 6 heteroatoms. The Morgan fingerprint density at radius 1 is 0.963 bits per heavy atom. The van der Waals surface area contributed by atoms with Crippen molar-refractivity contribution in [2.24, 2.45) is 9.98 Å². The molecular formula is C21H15ClN4O. The first-order chi connectivity index (χ1) is 13.1. The standard InChI is InChI=1S/C21H15ClN4O/c22-20(27)21-8-7-18(26-21)11-17-4-3-14(24-17)9-13-1-2-15(23-13)10-16-5-6-19(12-21)25-16/h1-7,9-12,23,26H,8H2. The molecule has 1 atom stereocenters. The van der Waals surface area contributed by atoms with E-state index in [4.69, 9.17) is 11.6 Å². The van der Waals surface area contributed by atoms with E-state index in [0.717, 1.165) is 33.5 Å². The Kier molecular flexibility index (Phi) is 3.52. The molecule has 0 saturated carbocycles. The van der Waals surface area contributed by atoms with Crippen LogP contribution in [0.4, 0.5) is 0 Å². The lowest BCUT2D eigenvalue weighted by Gasteiger charge is -2.23. The SMILES string of the molecule is O=C(Cl)C12C=C3C=CC(=N3)C=c3ccc([nH]3)=CC3=NC(=CC(=CC1)N2)C=C3. The van der Waals surface area contributed by atoms with Gasteiger partial charge in [-0.05, 0) is 72.3 Å². The second-order valence-electron chi connectivity index (χ2n) is 6.77. The number of nitrogens with one attached hydrogen (secondary N) is 2. The summed E-state index contributed by atoms with van der Waals surface area (Å²) in [5, 5.41) is 4.70. The van der Waals surface area contributed by atoms with Crippen LogP contribution in [0.5, 0.6) is 0 Å². The summed E-state index contributed by atoms with van der Waals surface area (Å²) < 4.78 is 0. The van der Waals surface area contributed by atoms with Gasteiger partial charge in [0.25, 0.3) is 5.24 Å². The Bertz CT molecular complexity index is 1200. The molecule has 0 aromatic carbocycles. The zero-order valence-electron chi connectivity index (χ0n) is 14.2. The molecule has 1 aromatic heterocycles. The lowest BCUT2D eigenvalue weighted by atomic mass is 9.98. The molecule has 8 bridgehead atoms. The van der Waals surface area contributed by atoms with Crippen LogP contribution in [0.3, 0.4) is 0 Å². The molecule has 5 nitrogen and oxygen atoms in total. The van der Waals surface area contributed by atoms with E-state index in [1.165, 1.54) is 0 Å². The monoisotopic (exact) mass is 374 g/mol. The summed E-state index contributed by atoms with van der Waals surface area (Å²) in [4.78, 5) is 24.7. The number of fused-ring (bicyclic) bond motifs is 6. The molecule has 0 aliphatic carbocycles. The van der Waals surface area contributed by atoms with Crippen LogP contribution >= 0.6 is 11.6 Å². The van der Waals surface area contributed by atoms with E-state index in [0.29, 0.717) is 12.1 Å². The van der Waals surface area contributed by atoms with Crippen LogP contribution in [-0.2, 0) is 4.79 Å². The number of hydrogen-bond acceptors (Lipinski definition) is 4. The minimum Gasteiger partial charge on any atom is -0.368 e. The molecule has 0 radical (unpaired) electrons. The third kappa shape index (κ3) is 2.96. The van der Waals surface area contributed by atoms with Crippen molar-refractivity contribution in [2.45, 2.75) is 12.0 Å². The summed E-state index contributed by atoms with van der Waals surface area (Å²) in [6.07, 6.45) is 17.8. The van der Waals surface area contributed by atoms with E-state index in [2.05, 4.69) is 20.3 Å². The Morgan fingerprint density at radius 3 is 2.33 bits per heavy atom. The van der Waals surface area contributed by atoms with Gasteiger partial charge >= 0.3 is 0 Å². The quantitative estimate of drug-likeness (QED) is 0.735. The predicted molar refractivity (Wildman–Crippen MR) is 108 cm³/mol. The molecule has 4 aliphatic rings. The van der Waals surface area contributed by atoms with Crippen LogP contribution in [-0.4, -0.2) is 27.2 Å². The molecule has 0 fully saturated rings. The van der Waals surface area contributed by atoms with E-state index in [9.17, 15) is 4.79 Å². The Morgan fingerprint density at radius 2 is 1.63 bits per heavy atom. The highest BCUT2D eigenvalue weighted by atomic mass is 35.5. The zero-order chi connectivity index (χ0) is 18.4. The van der Waals surface area contributed by atoms with E-state index >= 15 is 0 Å². The van der Waals surface area contributed by atoms with Gasteiger partial charge in [0.2, 0.25) is 0 Å². The molecule has 5 heterocycles. The molecule has 2 N–H and O–H groups in total. The van der Waals surface area contributed by atoms with Gasteiger partial charge in [-0.1, -0.05) is 6.08 Å². The smallest absolute Gasteiger partial charge is 0.251 e. The maximum absolute atomic E-state index is 12.2.